The first-order valence-electron chi connectivity index (χ1n) is 2.93. The molecule has 0 saturated carbocycles. The van der Waals surface area contributed by atoms with E-state index in [0.29, 0.717) is 0 Å². The van der Waals surface area contributed by atoms with Crippen LogP contribution in [-0.2, 0) is 4.79 Å². The molecule has 6 heteroatoms. The van der Waals surface area contributed by atoms with Crippen molar-refractivity contribution in [1.82, 2.24) is 15.4 Å². The topological polar surface area (TPSA) is 105 Å². The first-order valence-corrected chi connectivity index (χ1v) is 2.93. The first-order chi connectivity index (χ1) is 5.14. The molecule has 0 bridgehead atoms. The van der Waals surface area contributed by atoms with Gasteiger partial charge in [-0.25, -0.2) is 0 Å². The molecule has 1 atom stereocenters. The molecule has 1 rings (SSSR count). The third kappa shape index (κ3) is 6.46. The van der Waals surface area contributed by atoms with Crippen molar-refractivity contribution in [2.45, 2.75) is 13.0 Å². The molecular weight excluding hydrogens is 148 g/mol. The summed E-state index contributed by atoms with van der Waals surface area (Å²) in [6.07, 6.45) is 3.24. The van der Waals surface area contributed by atoms with Crippen LogP contribution in [0.25, 0.3) is 0 Å². The Morgan fingerprint density at radius 1 is 1.82 bits per heavy atom. The van der Waals surface area contributed by atoms with Crippen molar-refractivity contribution < 1.29 is 9.90 Å². The minimum atomic E-state index is -0.963. The van der Waals surface area contributed by atoms with Crippen LogP contribution in [0.4, 0.5) is 0 Å². The number of rotatable bonds is 1. The highest BCUT2D eigenvalue weighted by atomic mass is 16.4. The molecule has 4 N–H and O–H groups in total. The van der Waals surface area contributed by atoms with Crippen molar-refractivity contribution in [2.75, 3.05) is 0 Å². The van der Waals surface area contributed by atoms with Crippen molar-refractivity contribution in [3.63, 3.8) is 0 Å². The van der Waals surface area contributed by atoms with Gasteiger partial charge in [-0.1, -0.05) is 5.21 Å². The number of carbonyl (C=O) groups is 1. The molecule has 0 aromatic carbocycles. The fraction of sp³-hybridized carbons (Fsp3) is 0.400. The number of nitrogens with two attached hydrogens (primary N) is 1. The number of H-pyrrole nitrogens is 1. The van der Waals surface area contributed by atoms with Gasteiger partial charge in [-0.05, 0) is 6.92 Å². The number of aromatic amines is 1. The fourth-order valence-corrected chi connectivity index (χ4v) is 0.167. The van der Waals surface area contributed by atoms with Gasteiger partial charge >= 0.3 is 5.97 Å². The van der Waals surface area contributed by atoms with E-state index in [0.717, 1.165) is 0 Å². The number of nitrogens with one attached hydrogen (secondary N) is 1. The third-order valence-electron chi connectivity index (χ3n) is 0.721. The highest BCUT2D eigenvalue weighted by molar-refractivity contribution is 5.72. The molecule has 11 heavy (non-hydrogen) atoms. The van der Waals surface area contributed by atoms with E-state index in [9.17, 15) is 4.79 Å². The predicted octanol–water partition coefficient (Wildman–Crippen LogP) is -0.777. The van der Waals surface area contributed by atoms with Crippen molar-refractivity contribution in [1.29, 1.82) is 0 Å². The van der Waals surface area contributed by atoms with Gasteiger partial charge in [0.2, 0.25) is 0 Å². The molecule has 0 unspecified atom stereocenters. The fourth-order valence-electron chi connectivity index (χ4n) is 0.167. The van der Waals surface area contributed by atoms with Crippen LogP contribution in [0, 0.1) is 0 Å². The van der Waals surface area contributed by atoms with Crippen LogP contribution < -0.4 is 5.73 Å². The number of hydrogen-bond donors (Lipinski definition) is 3. The van der Waals surface area contributed by atoms with E-state index in [1.165, 1.54) is 6.92 Å². The molecule has 1 heterocycles. The summed E-state index contributed by atoms with van der Waals surface area (Å²) >= 11 is 0. The summed E-state index contributed by atoms with van der Waals surface area (Å²) in [7, 11) is 0. The van der Waals surface area contributed by atoms with E-state index in [1.54, 1.807) is 12.4 Å². The number of carboxylic acids is 1. The van der Waals surface area contributed by atoms with E-state index in [4.69, 9.17) is 10.8 Å². The van der Waals surface area contributed by atoms with E-state index in [1.807, 2.05) is 0 Å². The Kier molecular flexibility index (Phi) is 4.67. The van der Waals surface area contributed by atoms with Gasteiger partial charge in [0.05, 0.1) is 6.20 Å². The Hall–Kier alpha value is -1.43. The van der Waals surface area contributed by atoms with Crippen LogP contribution in [0.3, 0.4) is 0 Å². The number of nitrogens with zero attached hydrogens (tertiary/aromatic N) is 2. The zero-order chi connectivity index (χ0) is 8.69. The average Bonchev–Trinajstić information content (AvgIpc) is 2.41. The lowest BCUT2D eigenvalue weighted by Gasteiger charge is -1.90. The summed E-state index contributed by atoms with van der Waals surface area (Å²) in [5.74, 6) is -0.963. The van der Waals surface area contributed by atoms with Crippen LogP contribution >= 0.6 is 0 Å². The van der Waals surface area contributed by atoms with Crippen LogP contribution in [0.1, 0.15) is 6.92 Å². The van der Waals surface area contributed by atoms with Crippen molar-refractivity contribution >= 4 is 5.97 Å². The van der Waals surface area contributed by atoms with Gasteiger partial charge in [0.15, 0.2) is 0 Å². The average molecular weight is 158 g/mol. The molecule has 0 aliphatic rings. The Morgan fingerprint density at radius 3 is 2.45 bits per heavy atom. The summed E-state index contributed by atoms with van der Waals surface area (Å²) < 4.78 is 0. The Morgan fingerprint density at radius 2 is 2.36 bits per heavy atom. The Balaban J connectivity index is 0.000000183. The zero-order valence-electron chi connectivity index (χ0n) is 6.06. The Bertz CT molecular complexity index is 167. The summed E-state index contributed by atoms with van der Waals surface area (Å²) in [6, 6.07) is -0.731. The quantitative estimate of drug-likeness (QED) is 0.497. The maximum absolute atomic E-state index is 9.57. The molecule has 0 saturated heterocycles. The minimum absolute atomic E-state index is 0.731. The minimum Gasteiger partial charge on any atom is -0.480 e. The lowest BCUT2D eigenvalue weighted by Crippen LogP contribution is -2.25. The molecule has 0 fully saturated rings. The summed E-state index contributed by atoms with van der Waals surface area (Å²) in [6.45, 7) is 1.42. The second kappa shape index (κ2) is 5.36. The number of aromatic nitrogens is 3. The molecule has 0 aliphatic carbocycles. The van der Waals surface area contributed by atoms with Gasteiger partial charge in [-0.15, -0.1) is 5.10 Å². The molecule has 1 aromatic rings. The SMILES string of the molecule is C[C@H](N)C(=O)O.c1c[nH]nn1. The van der Waals surface area contributed by atoms with Crippen molar-refractivity contribution in [2.24, 2.45) is 5.73 Å². The van der Waals surface area contributed by atoms with E-state index < -0.39 is 12.0 Å². The Labute approximate surface area is 63.4 Å². The lowest BCUT2D eigenvalue weighted by molar-refractivity contribution is -0.138. The van der Waals surface area contributed by atoms with Crippen molar-refractivity contribution in [3.8, 4) is 0 Å². The second-order valence-corrected chi connectivity index (χ2v) is 1.79. The van der Waals surface area contributed by atoms with Crippen molar-refractivity contribution in [3.05, 3.63) is 12.4 Å². The molecule has 1 aromatic heterocycles. The number of carboxylic acid groups (broad SMARTS) is 1. The van der Waals surface area contributed by atoms with Crippen LogP contribution in [-0.4, -0.2) is 32.5 Å². The monoisotopic (exact) mass is 158 g/mol. The third-order valence-corrected chi connectivity index (χ3v) is 0.721. The predicted molar refractivity (Wildman–Crippen MR) is 37.7 cm³/mol. The number of hydrogen-bond acceptors (Lipinski definition) is 4. The molecule has 6 nitrogen and oxygen atoms in total. The first kappa shape index (κ1) is 9.57. The summed E-state index contributed by atoms with van der Waals surface area (Å²) in [5, 5.41) is 17.1. The molecule has 0 amide bonds. The smallest absolute Gasteiger partial charge is 0.320 e. The van der Waals surface area contributed by atoms with E-state index in [2.05, 4.69) is 15.4 Å². The van der Waals surface area contributed by atoms with Gasteiger partial charge in [0.1, 0.15) is 6.04 Å². The number of aliphatic carboxylic acids is 1. The van der Waals surface area contributed by atoms with E-state index >= 15 is 0 Å². The van der Waals surface area contributed by atoms with Crippen LogP contribution in [0.5, 0.6) is 0 Å². The highest BCUT2D eigenvalue weighted by Crippen LogP contribution is 1.68. The molecule has 62 valence electrons. The standard InChI is InChI=1S/C3H7NO2.C2H3N3/c1-2(4)3(5)6;1-2-4-5-3-1/h2H,4H2,1H3,(H,5,6);1-2H,(H,3,4,5)/t2-;/m0./s1. The van der Waals surface area contributed by atoms with Gasteiger partial charge in [-0.3, -0.25) is 9.89 Å². The van der Waals surface area contributed by atoms with Crippen LogP contribution in [0.2, 0.25) is 0 Å². The van der Waals surface area contributed by atoms with Gasteiger partial charge in [0, 0.05) is 6.20 Å². The maximum Gasteiger partial charge on any atom is 0.320 e. The zero-order valence-corrected chi connectivity index (χ0v) is 6.06. The van der Waals surface area contributed by atoms with Gasteiger partial charge in [0.25, 0.3) is 0 Å². The normalized spacial score (nSPS) is 11.1. The summed E-state index contributed by atoms with van der Waals surface area (Å²) in [5.41, 5.74) is 4.84. The maximum atomic E-state index is 9.57. The van der Waals surface area contributed by atoms with E-state index in [-0.39, 0.29) is 0 Å². The molecular formula is C5H10N4O2. The van der Waals surface area contributed by atoms with Gasteiger partial charge in [-0.2, -0.15) is 0 Å². The van der Waals surface area contributed by atoms with Crippen LogP contribution in [0.15, 0.2) is 12.4 Å². The van der Waals surface area contributed by atoms with Gasteiger partial charge < -0.3 is 10.8 Å². The lowest BCUT2D eigenvalue weighted by atomic mass is 10.4. The summed E-state index contributed by atoms with van der Waals surface area (Å²) in [4.78, 5) is 9.57. The molecule has 0 spiro atoms. The second-order valence-electron chi connectivity index (χ2n) is 1.79. The highest BCUT2D eigenvalue weighted by Gasteiger charge is 1.99. The molecule has 0 radical (unpaired) electrons. The largest absolute Gasteiger partial charge is 0.480 e. The molecule has 0 aliphatic heterocycles.